The van der Waals surface area contributed by atoms with Gasteiger partial charge in [-0.2, -0.15) is 0 Å². The van der Waals surface area contributed by atoms with Gasteiger partial charge in [0.2, 0.25) is 10.0 Å². The van der Waals surface area contributed by atoms with Crippen LogP contribution in [0.15, 0.2) is 59.5 Å². The lowest BCUT2D eigenvalue weighted by Crippen LogP contribution is -2.40. The molecule has 6 heteroatoms. The van der Waals surface area contributed by atoms with Gasteiger partial charge in [0, 0.05) is 12.6 Å². The van der Waals surface area contributed by atoms with Crippen molar-refractivity contribution >= 4 is 10.0 Å². The van der Waals surface area contributed by atoms with Gasteiger partial charge in [0.1, 0.15) is 5.75 Å². The SMILES string of the molecule is COc1ccc(C(CNS(=O)(=O)c2ccccc2)N2CCCCC2)cc1. The molecular formula is C20H26N2O3S. The van der Waals surface area contributed by atoms with Crippen LogP contribution in [0.3, 0.4) is 0 Å². The molecule has 5 nitrogen and oxygen atoms in total. The molecule has 2 aromatic carbocycles. The Morgan fingerprint density at radius 1 is 1.00 bits per heavy atom. The number of nitrogens with one attached hydrogen (secondary N) is 1. The van der Waals surface area contributed by atoms with Crippen LogP contribution in [-0.4, -0.2) is 40.1 Å². The zero-order chi connectivity index (χ0) is 18.4. The van der Waals surface area contributed by atoms with E-state index in [1.807, 2.05) is 30.3 Å². The molecule has 26 heavy (non-hydrogen) atoms. The van der Waals surface area contributed by atoms with Crippen LogP contribution < -0.4 is 9.46 Å². The predicted molar refractivity (Wildman–Crippen MR) is 103 cm³/mol. The summed E-state index contributed by atoms with van der Waals surface area (Å²) >= 11 is 0. The average molecular weight is 375 g/mol. The Kier molecular flexibility index (Phi) is 6.29. The molecule has 3 rings (SSSR count). The fourth-order valence-corrected chi connectivity index (χ4v) is 4.44. The van der Waals surface area contributed by atoms with E-state index in [0.717, 1.165) is 37.2 Å². The zero-order valence-corrected chi connectivity index (χ0v) is 15.9. The highest BCUT2D eigenvalue weighted by molar-refractivity contribution is 7.89. The fourth-order valence-electron chi connectivity index (χ4n) is 3.39. The molecule has 1 fully saturated rings. The van der Waals surface area contributed by atoms with Gasteiger partial charge in [-0.05, 0) is 55.8 Å². The molecule has 0 aromatic heterocycles. The maximum atomic E-state index is 12.6. The maximum Gasteiger partial charge on any atom is 0.240 e. The summed E-state index contributed by atoms with van der Waals surface area (Å²) < 4.78 is 33.2. The second-order valence-corrected chi connectivity index (χ2v) is 8.32. The molecule has 1 aliphatic rings. The summed E-state index contributed by atoms with van der Waals surface area (Å²) in [5.74, 6) is 0.802. The van der Waals surface area contributed by atoms with Gasteiger partial charge in [-0.3, -0.25) is 4.90 Å². The molecule has 0 saturated carbocycles. The van der Waals surface area contributed by atoms with Crippen LogP contribution in [0.2, 0.25) is 0 Å². The van der Waals surface area contributed by atoms with Crippen LogP contribution in [0, 0.1) is 0 Å². The van der Waals surface area contributed by atoms with Crippen LogP contribution >= 0.6 is 0 Å². The van der Waals surface area contributed by atoms with Crippen molar-refractivity contribution in [2.24, 2.45) is 0 Å². The fraction of sp³-hybridized carbons (Fsp3) is 0.400. The first-order chi connectivity index (χ1) is 12.6. The van der Waals surface area contributed by atoms with Gasteiger partial charge < -0.3 is 4.74 Å². The van der Waals surface area contributed by atoms with Gasteiger partial charge in [0.05, 0.1) is 12.0 Å². The van der Waals surface area contributed by atoms with E-state index in [4.69, 9.17) is 4.74 Å². The second kappa shape index (κ2) is 8.66. The number of nitrogens with zero attached hydrogens (tertiary/aromatic N) is 1. The summed E-state index contributed by atoms with van der Waals surface area (Å²) in [6.07, 6.45) is 3.54. The van der Waals surface area contributed by atoms with Crippen LogP contribution in [0.1, 0.15) is 30.9 Å². The lowest BCUT2D eigenvalue weighted by atomic mass is 10.0. The molecule has 0 aliphatic carbocycles. The first-order valence-electron chi connectivity index (χ1n) is 9.03. The van der Waals surface area contributed by atoms with E-state index < -0.39 is 10.0 Å². The van der Waals surface area contributed by atoms with Crippen molar-refractivity contribution in [3.63, 3.8) is 0 Å². The van der Waals surface area contributed by atoms with E-state index in [-0.39, 0.29) is 6.04 Å². The summed E-state index contributed by atoms with van der Waals surface area (Å²) in [7, 11) is -1.87. The molecule has 0 amide bonds. The third-order valence-corrected chi connectivity index (χ3v) is 6.29. The lowest BCUT2D eigenvalue weighted by molar-refractivity contribution is 0.164. The molecular weight excluding hydrogens is 348 g/mol. The zero-order valence-electron chi connectivity index (χ0n) is 15.1. The highest BCUT2D eigenvalue weighted by Gasteiger charge is 2.24. The molecule has 0 bridgehead atoms. The molecule has 0 spiro atoms. The van der Waals surface area contributed by atoms with Gasteiger partial charge in [-0.25, -0.2) is 13.1 Å². The Hall–Kier alpha value is -1.89. The number of hydrogen-bond acceptors (Lipinski definition) is 4. The Bertz CT molecular complexity index is 786. The standard InChI is InChI=1S/C20H26N2O3S/c1-25-18-12-10-17(11-13-18)20(22-14-6-3-7-15-22)16-21-26(23,24)19-8-4-2-5-9-19/h2,4-5,8-13,20-21H,3,6-7,14-16H2,1H3. The van der Waals surface area contributed by atoms with E-state index in [1.54, 1.807) is 31.4 Å². The van der Waals surface area contributed by atoms with Crippen LogP contribution in [-0.2, 0) is 10.0 Å². The molecule has 1 atom stereocenters. The normalized spacial score (nSPS) is 17.0. The minimum absolute atomic E-state index is 0.0136. The van der Waals surface area contributed by atoms with Gasteiger partial charge in [-0.15, -0.1) is 0 Å². The van der Waals surface area contributed by atoms with E-state index >= 15 is 0 Å². The summed E-state index contributed by atoms with van der Waals surface area (Å²) in [6.45, 7) is 2.33. The largest absolute Gasteiger partial charge is 0.497 e. The van der Waals surface area contributed by atoms with Gasteiger partial charge in [-0.1, -0.05) is 36.8 Å². The molecule has 1 aliphatic heterocycles. The third kappa shape index (κ3) is 4.63. The van der Waals surface area contributed by atoms with Crippen LogP contribution in [0.5, 0.6) is 5.75 Å². The second-order valence-electron chi connectivity index (χ2n) is 6.55. The quantitative estimate of drug-likeness (QED) is 0.809. The van der Waals surface area contributed by atoms with Crippen molar-refractivity contribution in [3.05, 3.63) is 60.2 Å². The Balaban J connectivity index is 1.79. The van der Waals surface area contributed by atoms with E-state index in [1.165, 1.54) is 6.42 Å². The predicted octanol–water partition coefficient (Wildman–Crippen LogP) is 3.20. The Morgan fingerprint density at radius 2 is 1.65 bits per heavy atom. The van der Waals surface area contributed by atoms with E-state index in [0.29, 0.717) is 11.4 Å². The van der Waals surface area contributed by atoms with Crippen LogP contribution in [0.4, 0.5) is 0 Å². The molecule has 1 N–H and O–H groups in total. The maximum absolute atomic E-state index is 12.6. The average Bonchev–Trinajstić information content (AvgIpc) is 2.70. The molecule has 1 heterocycles. The van der Waals surface area contributed by atoms with E-state index in [9.17, 15) is 8.42 Å². The van der Waals surface area contributed by atoms with Gasteiger partial charge in [0.25, 0.3) is 0 Å². The summed E-state index contributed by atoms with van der Waals surface area (Å²) in [5.41, 5.74) is 1.10. The number of piperidine rings is 1. The minimum Gasteiger partial charge on any atom is -0.497 e. The molecule has 140 valence electrons. The number of rotatable bonds is 7. The number of likely N-dealkylation sites (tertiary alicyclic amines) is 1. The number of ether oxygens (including phenoxy) is 1. The number of benzene rings is 2. The first-order valence-corrected chi connectivity index (χ1v) is 10.5. The van der Waals surface area contributed by atoms with Crippen molar-refractivity contribution in [1.29, 1.82) is 0 Å². The number of methoxy groups -OCH3 is 1. The summed E-state index contributed by atoms with van der Waals surface area (Å²) in [5, 5.41) is 0. The summed E-state index contributed by atoms with van der Waals surface area (Å²) in [4.78, 5) is 2.67. The smallest absolute Gasteiger partial charge is 0.240 e. The highest BCUT2D eigenvalue weighted by atomic mass is 32.2. The van der Waals surface area contributed by atoms with Crippen molar-refractivity contribution < 1.29 is 13.2 Å². The first kappa shape index (κ1) is 18.9. The molecule has 2 aromatic rings. The van der Waals surface area contributed by atoms with Gasteiger partial charge >= 0.3 is 0 Å². The van der Waals surface area contributed by atoms with Crippen molar-refractivity contribution in [3.8, 4) is 5.75 Å². The topological polar surface area (TPSA) is 58.6 Å². The molecule has 1 unspecified atom stereocenters. The number of hydrogen-bond donors (Lipinski definition) is 1. The van der Waals surface area contributed by atoms with Gasteiger partial charge in [0.15, 0.2) is 0 Å². The number of sulfonamides is 1. The highest BCUT2D eigenvalue weighted by Crippen LogP contribution is 2.26. The minimum atomic E-state index is -3.52. The van der Waals surface area contributed by atoms with Crippen molar-refractivity contribution in [2.45, 2.75) is 30.2 Å². The lowest BCUT2D eigenvalue weighted by Gasteiger charge is -2.35. The monoisotopic (exact) mass is 374 g/mol. The third-order valence-electron chi connectivity index (χ3n) is 4.85. The van der Waals surface area contributed by atoms with Crippen LogP contribution in [0.25, 0.3) is 0 Å². The van der Waals surface area contributed by atoms with E-state index in [2.05, 4.69) is 9.62 Å². The summed E-state index contributed by atoms with van der Waals surface area (Å²) in [6, 6.07) is 16.4. The Morgan fingerprint density at radius 3 is 2.27 bits per heavy atom. The van der Waals surface area contributed by atoms with Crippen molar-refractivity contribution in [2.75, 3.05) is 26.7 Å². The Labute approximate surface area is 156 Å². The molecule has 0 radical (unpaired) electrons. The molecule has 1 saturated heterocycles. The van der Waals surface area contributed by atoms with Crippen molar-refractivity contribution in [1.82, 2.24) is 9.62 Å².